The molecule has 3 saturated heterocycles. The second-order valence-electron chi connectivity index (χ2n) is 10.3. The van der Waals surface area contributed by atoms with Gasteiger partial charge in [-0.05, 0) is 47.9 Å². The first-order chi connectivity index (χ1) is 18.9. The Labute approximate surface area is 225 Å². The Morgan fingerprint density at radius 2 is 1.33 bits per heavy atom. The Balaban J connectivity index is 1.12. The molecule has 0 unspecified atom stereocenters. The third-order valence-corrected chi connectivity index (χ3v) is 8.10. The highest BCUT2D eigenvalue weighted by Crippen LogP contribution is 2.44. The maximum Gasteiger partial charge on any atom is 0.410 e. The first kappa shape index (κ1) is 25.1. The Morgan fingerprint density at radius 1 is 0.769 bits per heavy atom. The number of nitrogens with zero attached hydrogens (tertiary/aromatic N) is 3. The fourth-order valence-corrected chi connectivity index (χ4v) is 6.19. The molecule has 4 aliphatic rings. The summed E-state index contributed by atoms with van der Waals surface area (Å²) in [5.41, 5.74) is 4.48. The fraction of sp³-hybridized carbons (Fsp3) is 0.414. The summed E-state index contributed by atoms with van der Waals surface area (Å²) in [5.74, 6) is -2.38. The average molecular weight is 532 g/mol. The van der Waals surface area contributed by atoms with Gasteiger partial charge in [0.15, 0.2) is 0 Å². The van der Waals surface area contributed by atoms with E-state index in [0.29, 0.717) is 43.8 Å². The average Bonchev–Trinajstić information content (AvgIpc) is 3.75. The van der Waals surface area contributed by atoms with Crippen molar-refractivity contribution in [3.8, 4) is 11.1 Å². The maximum absolute atomic E-state index is 13.6. The molecular weight excluding hydrogens is 502 g/mol. The minimum atomic E-state index is -0.913. The number of amides is 4. The molecule has 10 nitrogen and oxygen atoms in total. The van der Waals surface area contributed by atoms with Gasteiger partial charge in [-0.15, -0.1) is 5.06 Å². The van der Waals surface area contributed by atoms with Gasteiger partial charge in [-0.25, -0.2) is 9.59 Å². The predicted molar refractivity (Wildman–Crippen MR) is 137 cm³/mol. The Kier molecular flexibility index (Phi) is 6.54. The molecule has 6 rings (SSSR count). The summed E-state index contributed by atoms with van der Waals surface area (Å²) in [4.78, 5) is 71.3. The number of rotatable bonds is 5. The van der Waals surface area contributed by atoms with E-state index < -0.39 is 36.0 Å². The number of fused-ring (bicyclic) bond motifs is 3. The zero-order valence-corrected chi connectivity index (χ0v) is 21.4. The molecular formula is C29H29N3O7. The van der Waals surface area contributed by atoms with Gasteiger partial charge in [0.2, 0.25) is 5.91 Å². The zero-order chi connectivity index (χ0) is 27.1. The quantitative estimate of drug-likeness (QED) is 0.545. The van der Waals surface area contributed by atoms with Gasteiger partial charge < -0.3 is 14.5 Å². The summed E-state index contributed by atoms with van der Waals surface area (Å²) >= 11 is 0. The monoisotopic (exact) mass is 531 g/mol. The van der Waals surface area contributed by atoms with Crippen LogP contribution in [0.5, 0.6) is 0 Å². The van der Waals surface area contributed by atoms with Crippen LogP contribution in [0.25, 0.3) is 11.1 Å². The Morgan fingerprint density at radius 3 is 1.97 bits per heavy atom. The molecule has 0 radical (unpaired) electrons. The van der Waals surface area contributed by atoms with Crippen molar-refractivity contribution in [3.63, 3.8) is 0 Å². The number of benzene rings is 2. The highest BCUT2D eigenvalue weighted by molar-refractivity contribution is 6.02. The number of imide groups is 1. The van der Waals surface area contributed by atoms with Crippen molar-refractivity contribution in [1.82, 2.24) is 14.9 Å². The number of carbonyl (C=O) groups is 5. The van der Waals surface area contributed by atoms with Crippen molar-refractivity contribution in [1.29, 1.82) is 0 Å². The van der Waals surface area contributed by atoms with Crippen LogP contribution >= 0.6 is 0 Å². The van der Waals surface area contributed by atoms with E-state index in [0.717, 1.165) is 22.3 Å². The summed E-state index contributed by atoms with van der Waals surface area (Å²) in [6, 6.07) is 14.5. The van der Waals surface area contributed by atoms with Gasteiger partial charge in [0.1, 0.15) is 18.7 Å². The molecule has 3 aliphatic heterocycles. The fourth-order valence-electron chi connectivity index (χ4n) is 6.19. The van der Waals surface area contributed by atoms with Crippen LogP contribution in [0.2, 0.25) is 0 Å². The molecule has 3 fully saturated rings. The van der Waals surface area contributed by atoms with E-state index in [4.69, 9.17) is 9.57 Å². The number of carbonyl (C=O) groups excluding carboxylic acids is 5. The van der Waals surface area contributed by atoms with Crippen LogP contribution in [-0.4, -0.2) is 76.4 Å². The van der Waals surface area contributed by atoms with Crippen LogP contribution in [0, 0.1) is 0 Å². The number of hydroxylamine groups is 2. The lowest BCUT2D eigenvalue weighted by molar-refractivity contribution is -0.201. The van der Waals surface area contributed by atoms with Crippen molar-refractivity contribution in [2.75, 3.05) is 19.7 Å². The molecule has 202 valence electrons. The topological polar surface area (TPSA) is 114 Å². The lowest BCUT2D eigenvalue weighted by atomic mass is 9.98. The van der Waals surface area contributed by atoms with Crippen molar-refractivity contribution in [2.24, 2.45) is 0 Å². The third kappa shape index (κ3) is 4.43. The molecule has 39 heavy (non-hydrogen) atoms. The molecule has 1 aliphatic carbocycles. The lowest BCUT2D eigenvalue weighted by Gasteiger charge is -2.30. The number of ether oxygens (including phenoxy) is 1. The first-order valence-corrected chi connectivity index (χ1v) is 13.4. The molecule has 2 aromatic rings. The number of hydrogen-bond donors (Lipinski definition) is 0. The Hall–Kier alpha value is -4.21. The molecule has 4 amide bonds. The highest BCUT2D eigenvalue weighted by atomic mass is 16.7. The molecule has 3 heterocycles. The molecule has 0 bridgehead atoms. The normalized spacial score (nSPS) is 22.3. The van der Waals surface area contributed by atoms with E-state index >= 15 is 0 Å². The van der Waals surface area contributed by atoms with Gasteiger partial charge in [-0.2, -0.15) is 0 Å². The molecule has 10 heteroatoms. The van der Waals surface area contributed by atoms with Crippen LogP contribution in [0.4, 0.5) is 4.79 Å². The van der Waals surface area contributed by atoms with Crippen LogP contribution in [0.1, 0.15) is 55.6 Å². The summed E-state index contributed by atoms with van der Waals surface area (Å²) in [7, 11) is 0. The van der Waals surface area contributed by atoms with Crippen molar-refractivity contribution in [3.05, 3.63) is 59.7 Å². The van der Waals surface area contributed by atoms with Crippen molar-refractivity contribution >= 4 is 29.8 Å². The minimum Gasteiger partial charge on any atom is -0.448 e. The zero-order valence-electron chi connectivity index (χ0n) is 21.4. The predicted octanol–water partition coefficient (Wildman–Crippen LogP) is 3.00. The highest BCUT2D eigenvalue weighted by Gasteiger charge is 2.45. The van der Waals surface area contributed by atoms with Gasteiger partial charge >= 0.3 is 12.1 Å². The summed E-state index contributed by atoms with van der Waals surface area (Å²) < 4.78 is 5.80. The number of likely N-dealkylation sites (tertiary alicyclic amines) is 2. The van der Waals surface area contributed by atoms with Gasteiger partial charge in [0.05, 0.1) is 0 Å². The van der Waals surface area contributed by atoms with E-state index in [1.54, 1.807) is 0 Å². The van der Waals surface area contributed by atoms with E-state index in [1.165, 1.54) is 9.80 Å². The lowest BCUT2D eigenvalue weighted by Crippen LogP contribution is -2.52. The van der Waals surface area contributed by atoms with E-state index in [2.05, 4.69) is 12.1 Å². The maximum atomic E-state index is 13.6. The summed E-state index contributed by atoms with van der Waals surface area (Å²) in [6.45, 7) is 0.864. The minimum absolute atomic E-state index is 0.00338. The summed E-state index contributed by atoms with van der Waals surface area (Å²) in [5, 5.41) is 0.502. The smallest absolute Gasteiger partial charge is 0.410 e. The van der Waals surface area contributed by atoms with Crippen LogP contribution in [0.3, 0.4) is 0 Å². The van der Waals surface area contributed by atoms with Crippen molar-refractivity contribution in [2.45, 2.75) is 56.5 Å². The van der Waals surface area contributed by atoms with Crippen LogP contribution in [0.15, 0.2) is 48.5 Å². The van der Waals surface area contributed by atoms with E-state index in [9.17, 15) is 24.0 Å². The molecule has 0 saturated carbocycles. The van der Waals surface area contributed by atoms with E-state index in [-0.39, 0.29) is 31.3 Å². The largest absolute Gasteiger partial charge is 0.448 e. The van der Waals surface area contributed by atoms with Crippen molar-refractivity contribution < 1.29 is 33.5 Å². The Bertz CT molecular complexity index is 1300. The molecule has 0 N–H and O–H groups in total. The molecule has 2 aromatic carbocycles. The molecule has 0 aromatic heterocycles. The van der Waals surface area contributed by atoms with Crippen LogP contribution < -0.4 is 0 Å². The SMILES string of the molecule is O=C(ON1C(=O)CCC1=O)[C@@H]1CCCN1C(=O)[C@@H]1CCCN1C(=O)OCC1c2ccccc2-c2ccccc21. The summed E-state index contributed by atoms with van der Waals surface area (Å²) in [6.07, 6.45) is 1.47. The van der Waals surface area contributed by atoms with E-state index in [1.807, 2.05) is 36.4 Å². The molecule has 2 atom stereocenters. The van der Waals surface area contributed by atoms with Gasteiger partial charge in [0, 0.05) is 31.8 Å². The standard InChI is InChI=1S/C29H29N3O7/c33-25-13-14-26(34)32(25)39-28(36)24-12-6-15-30(24)27(35)23-11-5-16-31(23)29(37)38-17-22-20-9-3-1-7-18(20)19-8-2-4-10-21(19)22/h1-4,7-10,22-24H,5-6,11-17H2/t23-,24-/m0/s1. The second kappa shape index (κ2) is 10.2. The molecule has 0 spiro atoms. The van der Waals surface area contributed by atoms with Gasteiger partial charge in [-0.3, -0.25) is 19.3 Å². The third-order valence-electron chi connectivity index (χ3n) is 8.10. The second-order valence-corrected chi connectivity index (χ2v) is 10.3. The van der Waals surface area contributed by atoms with Gasteiger partial charge in [-0.1, -0.05) is 48.5 Å². The van der Waals surface area contributed by atoms with Crippen LogP contribution in [-0.2, 0) is 28.8 Å². The number of hydrogen-bond acceptors (Lipinski definition) is 7. The first-order valence-electron chi connectivity index (χ1n) is 13.4. The van der Waals surface area contributed by atoms with Gasteiger partial charge in [0.25, 0.3) is 11.8 Å².